The second-order valence-corrected chi connectivity index (χ2v) is 6.05. The molecule has 0 aliphatic carbocycles. The highest BCUT2D eigenvalue weighted by molar-refractivity contribution is 5.99. The number of anilines is 2. The lowest BCUT2D eigenvalue weighted by Crippen LogP contribution is -2.46. The zero-order valence-electron chi connectivity index (χ0n) is 13.6. The molecular weight excluding hydrogens is 307 g/mol. The van der Waals surface area contributed by atoms with E-state index in [4.69, 9.17) is 0 Å². The Balaban J connectivity index is 1.76. The Morgan fingerprint density at radius 1 is 1.29 bits per heavy atom. The van der Waals surface area contributed by atoms with E-state index >= 15 is 0 Å². The zero-order valence-corrected chi connectivity index (χ0v) is 13.6. The number of piperidine rings is 1. The Kier molecular flexibility index (Phi) is 5.05. The van der Waals surface area contributed by atoms with Gasteiger partial charge in [-0.2, -0.15) is 0 Å². The molecule has 1 saturated heterocycles. The predicted molar refractivity (Wildman–Crippen MR) is 91.9 cm³/mol. The maximum absolute atomic E-state index is 13.8. The number of hydrogen-bond acceptors (Lipinski definition) is 4. The fourth-order valence-corrected chi connectivity index (χ4v) is 2.90. The monoisotopic (exact) mass is 328 g/mol. The summed E-state index contributed by atoms with van der Waals surface area (Å²) in [4.78, 5) is 16.8. The highest BCUT2D eigenvalue weighted by Gasteiger charge is 2.22. The molecule has 0 spiro atoms. The number of benzene rings is 1. The minimum Gasteiger partial charge on any atom is -0.349 e. The summed E-state index contributed by atoms with van der Waals surface area (Å²) in [5.74, 6) is -0.232. The third kappa shape index (κ3) is 3.89. The number of carbonyl (C=O) groups is 1. The molecule has 1 fully saturated rings. The largest absolute Gasteiger partial charge is 0.349 e. The van der Waals surface area contributed by atoms with Crippen LogP contribution in [0.25, 0.3) is 0 Å². The van der Waals surface area contributed by atoms with Crippen LogP contribution in [0.15, 0.2) is 42.6 Å². The van der Waals surface area contributed by atoms with E-state index in [0.29, 0.717) is 23.1 Å². The van der Waals surface area contributed by atoms with Gasteiger partial charge in [0.25, 0.3) is 5.91 Å². The Morgan fingerprint density at radius 3 is 2.92 bits per heavy atom. The van der Waals surface area contributed by atoms with Crippen molar-refractivity contribution in [3.8, 4) is 0 Å². The highest BCUT2D eigenvalue weighted by atomic mass is 19.1. The number of halogens is 1. The van der Waals surface area contributed by atoms with Crippen LogP contribution in [-0.4, -0.2) is 29.5 Å². The molecule has 2 aromatic rings. The maximum atomic E-state index is 13.8. The van der Waals surface area contributed by atoms with E-state index in [2.05, 4.69) is 27.9 Å². The lowest BCUT2D eigenvalue weighted by Gasteiger charge is -2.28. The van der Waals surface area contributed by atoms with Crippen molar-refractivity contribution in [3.63, 3.8) is 0 Å². The summed E-state index contributed by atoms with van der Waals surface area (Å²) in [6, 6.07) is 10.2. The molecule has 1 aliphatic heterocycles. The van der Waals surface area contributed by atoms with E-state index in [1.165, 1.54) is 6.07 Å². The maximum Gasteiger partial charge on any atom is 0.255 e. The lowest BCUT2D eigenvalue weighted by atomic mass is 10.0. The van der Waals surface area contributed by atoms with Crippen molar-refractivity contribution in [2.45, 2.75) is 31.8 Å². The van der Waals surface area contributed by atoms with Crippen LogP contribution in [0.1, 0.15) is 30.1 Å². The van der Waals surface area contributed by atoms with Crippen LogP contribution in [0.5, 0.6) is 0 Å². The molecule has 0 bridgehead atoms. The molecule has 2 unspecified atom stereocenters. The summed E-state index contributed by atoms with van der Waals surface area (Å²) in [6.07, 6.45) is 3.36. The first-order valence-corrected chi connectivity index (χ1v) is 8.14. The number of nitrogens with zero attached hydrogens (tertiary/aromatic N) is 1. The van der Waals surface area contributed by atoms with Crippen LogP contribution < -0.4 is 16.0 Å². The average molecular weight is 328 g/mol. The van der Waals surface area contributed by atoms with Crippen LogP contribution in [0.3, 0.4) is 0 Å². The number of carbonyl (C=O) groups excluding carboxylic acids is 1. The summed E-state index contributed by atoms with van der Waals surface area (Å²) >= 11 is 0. The van der Waals surface area contributed by atoms with Crippen LogP contribution in [0.4, 0.5) is 15.9 Å². The highest BCUT2D eigenvalue weighted by Crippen LogP contribution is 2.21. The fourth-order valence-electron chi connectivity index (χ4n) is 2.90. The molecule has 2 atom stereocenters. The van der Waals surface area contributed by atoms with Crippen LogP contribution in [-0.2, 0) is 0 Å². The molecule has 6 heteroatoms. The Labute approximate surface area is 140 Å². The Bertz CT molecular complexity index is 722. The van der Waals surface area contributed by atoms with Gasteiger partial charge in [-0.25, -0.2) is 9.37 Å². The second-order valence-electron chi connectivity index (χ2n) is 6.05. The molecular formula is C18H21FN4O. The molecule has 0 saturated carbocycles. The molecule has 1 aromatic carbocycles. The molecule has 5 nitrogen and oxygen atoms in total. The molecule has 3 N–H and O–H groups in total. The number of amides is 1. The quantitative estimate of drug-likeness (QED) is 0.807. The van der Waals surface area contributed by atoms with Gasteiger partial charge in [-0.05, 0) is 50.6 Å². The Hall–Kier alpha value is -2.47. The smallest absolute Gasteiger partial charge is 0.255 e. The molecule has 24 heavy (non-hydrogen) atoms. The standard InChI is InChI=1S/C18H21FN4O/c1-12-11-13(8-10-20-12)22-18(24)14-5-4-9-21-17(14)23-16-7-3-2-6-15(16)19/h2-7,9,12-13,20H,8,10-11H2,1H3,(H,21,23)(H,22,24). The van der Waals surface area contributed by atoms with Crippen molar-refractivity contribution < 1.29 is 9.18 Å². The van der Waals surface area contributed by atoms with Gasteiger partial charge in [0.1, 0.15) is 11.6 Å². The first-order valence-electron chi connectivity index (χ1n) is 8.14. The van der Waals surface area contributed by atoms with Gasteiger partial charge < -0.3 is 16.0 Å². The van der Waals surface area contributed by atoms with Gasteiger partial charge in [-0.1, -0.05) is 12.1 Å². The van der Waals surface area contributed by atoms with Crippen molar-refractivity contribution in [2.24, 2.45) is 0 Å². The van der Waals surface area contributed by atoms with E-state index < -0.39 is 0 Å². The third-order valence-electron chi connectivity index (χ3n) is 4.14. The third-order valence-corrected chi connectivity index (χ3v) is 4.14. The minimum absolute atomic E-state index is 0.135. The molecule has 2 heterocycles. The van der Waals surface area contributed by atoms with Gasteiger partial charge in [0.2, 0.25) is 0 Å². The van der Waals surface area contributed by atoms with Gasteiger partial charge >= 0.3 is 0 Å². The van der Waals surface area contributed by atoms with Crippen LogP contribution in [0, 0.1) is 5.82 Å². The van der Waals surface area contributed by atoms with E-state index in [1.807, 2.05) is 0 Å². The van der Waals surface area contributed by atoms with Crippen molar-refractivity contribution in [3.05, 3.63) is 54.0 Å². The molecule has 1 aliphatic rings. The number of aromatic nitrogens is 1. The van der Waals surface area contributed by atoms with Gasteiger partial charge in [0.15, 0.2) is 0 Å². The van der Waals surface area contributed by atoms with Crippen molar-refractivity contribution in [1.29, 1.82) is 0 Å². The number of hydrogen-bond donors (Lipinski definition) is 3. The topological polar surface area (TPSA) is 66.0 Å². The van der Waals surface area contributed by atoms with Crippen molar-refractivity contribution in [1.82, 2.24) is 15.6 Å². The van der Waals surface area contributed by atoms with E-state index in [1.54, 1.807) is 36.5 Å². The first-order chi connectivity index (χ1) is 11.6. The van der Waals surface area contributed by atoms with E-state index in [0.717, 1.165) is 19.4 Å². The Morgan fingerprint density at radius 2 is 2.12 bits per heavy atom. The number of rotatable bonds is 4. The summed E-state index contributed by atoms with van der Waals surface area (Å²) < 4.78 is 13.8. The minimum atomic E-state index is -0.387. The average Bonchev–Trinajstić information content (AvgIpc) is 2.57. The van der Waals surface area contributed by atoms with E-state index in [9.17, 15) is 9.18 Å². The normalized spacial score (nSPS) is 20.4. The molecule has 126 valence electrons. The SMILES string of the molecule is CC1CC(NC(=O)c2cccnc2Nc2ccccc2F)CCN1. The molecule has 1 amide bonds. The summed E-state index contributed by atoms with van der Waals surface area (Å²) in [5.41, 5.74) is 0.702. The summed E-state index contributed by atoms with van der Waals surface area (Å²) in [5, 5.41) is 9.32. The second kappa shape index (κ2) is 7.40. The van der Waals surface area contributed by atoms with Gasteiger partial charge in [0.05, 0.1) is 11.3 Å². The molecule has 1 aromatic heterocycles. The van der Waals surface area contributed by atoms with Crippen molar-refractivity contribution >= 4 is 17.4 Å². The van der Waals surface area contributed by atoms with Gasteiger partial charge in [-0.15, -0.1) is 0 Å². The number of pyridine rings is 1. The summed E-state index contributed by atoms with van der Waals surface area (Å²) in [6.45, 7) is 2.99. The number of para-hydroxylation sites is 1. The van der Waals surface area contributed by atoms with Gasteiger partial charge in [-0.3, -0.25) is 4.79 Å². The summed E-state index contributed by atoms with van der Waals surface area (Å²) in [7, 11) is 0. The first kappa shape index (κ1) is 16.4. The molecule has 0 radical (unpaired) electrons. The molecule has 3 rings (SSSR count). The van der Waals surface area contributed by atoms with Gasteiger partial charge in [0, 0.05) is 18.3 Å². The number of nitrogens with one attached hydrogen (secondary N) is 3. The lowest BCUT2D eigenvalue weighted by molar-refractivity contribution is 0.0926. The van der Waals surface area contributed by atoms with Crippen LogP contribution >= 0.6 is 0 Å². The van der Waals surface area contributed by atoms with Crippen LogP contribution in [0.2, 0.25) is 0 Å². The van der Waals surface area contributed by atoms with Crippen molar-refractivity contribution in [2.75, 3.05) is 11.9 Å². The zero-order chi connectivity index (χ0) is 16.9. The fraction of sp³-hybridized carbons (Fsp3) is 0.333. The van der Waals surface area contributed by atoms with E-state index in [-0.39, 0.29) is 17.8 Å². The predicted octanol–water partition coefficient (Wildman–Crippen LogP) is 2.83.